The minimum absolute atomic E-state index is 0.0884. The Morgan fingerprint density at radius 1 is 1.50 bits per heavy atom. The van der Waals surface area contributed by atoms with Gasteiger partial charge in [0.05, 0.1) is 5.69 Å². The number of carbonyl (C=O) groups is 1. The van der Waals surface area contributed by atoms with Crippen molar-refractivity contribution in [2.45, 2.75) is 38.8 Å². The maximum atomic E-state index is 12.8. The predicted molar refractivity (Wildman–Crippen MR) is 81.8 cm³/mol. The van der Waals surface area contributed by atoms with Gasteiger partial charge in [0.15, 0.2) is 0 Å². The summed E-state index contributed by atoms with van der Waals surface area (Å²) < 4.78 is 2.06. The first-order valence-electron chi connectivity index (χ1n) is 7.37. The number of nitrogens with two attached hydrogens (primary N) is 1. The molecule has 1 amide bonds. The smallest absolute Gasteiger partial charge is 0.270 e. The summed E-state index contributed by atoms with van der Waals surface area (Å²) in [4.78, 5) is 16.8. The fraction of sp³-hybridized carbons (Fsp3) is 0.667. The first-order chi connectivity index (χ1) is 9.43. The molecule has 20 heavy (non-hydrogen) atoms. The van der Waals surface area contributed by atoms with E-state index in [-0.39, 0.29) is 11.9 Å². The highest BCUT2D eigenvalue weighted by atomic mass is 16.2. The Morgan fingerprint density at radius 3 is 2.65 bits per heavy atom. The summed E-state index contributed by atoms with van der Waals surface area (Å²) >= 11 is 0. The largest absolute Gasteiger partial charge is 0.397 e. The zero-order valence-corrected chi connectivity index (χ0v) is 13.0. The van der Waals surface area contributed by atoms with Gasteiger partial charge in [-0.3, -0.25) is 4.79 Å². The van der Waals surface area contributed by atoms with Crippen LogP contribution in [0.1, 0.15) is 43.2 Å². The molecule has 1 heterocycles. The zero-order valence-electron chi connectivity index (χ0n) is 13.0. The van der Waals surface area contributed by atoms with Crippen LogP contribution in [-0.4, -0.2) is 53.5 Å². The van der Waals surface area contributed by atoms with Gasteiger partial charge in [-0.15, -0.1) is 0 Å². The quantitative estimate of drug-likeness (QED) is 0.863. The van der Waals surface area contributed by atoms with Gasteiger partial charge in [0.2, 0.25) is 0 Å². The number of nitrogens with zero attached hydrogens (tertiary/aromatic N) is 3. The van der Waals surface area contributed by atoms with E-state index < -0.39 is 0 Å². The van der Waals surface area contributed by atoms with Crippen molar-refractivity contribution in [3.05, 3.63) is 18.0 Å². The molecule has 2 rings (SSSR count). The first kappa shape index (κ1) is 14.9. The van der Waals surface area contributed by atoms with Crippen LogP contribution in [0.15, 0.2) is 12.3 Å². The molecule has 1 aliphatic rings. The standard InChI is InChI=1S/C15H26N4O/c1-5-18(11(2)9-17(3)4)15(20)14-8-12(16)10-19(14)13-6-7-13/h8,10-11,13H,5-7,9,16H2,1-4H3. The van der Waals surface area contributed by atoms with E-state index in [1.165, 1.54) is 0 Å². The molecule has 2 N–H and O–H groups in total. The van der Waals surface area contributed by atoms with Crippen molar-refractivity contribution in [3.8, 4) is 0 Å². The number of nitrogen functional groups attached to an aromatic ring is 1. The number of carbonyl (C=O) groups excluding carboxylic acids is 1. The van der Waals surface area contributed by atoms with Crippen molar-refractivity contribution >= 4 is 11.6 Å². The van der Waals surface area contributed by atoms with E-state index in [0.29, 0.717) is 18.3 Å². The summed E-state index contributed by atoms with van der Waals surface area (Å²) in [6.45, 7) is 5.69. The lowest BCUT2D eigenvalue weighted by Crippen LogP contribution is -2.44. The molecule has 5 heteroatoms. The molecule has 1 saturated carbocycles. The number of amides is 1. The van der Waals surface area contributed by atoms with Crippen molar-refractivity contribution in [3.63, 3.8) is 0 Å². The Labute approximate surface area is 121 Å². The van der Waals surface area contributed by atoms with E-state index in [2.05, 4.69) is 16.4 Å². The summed E-state index contributed by atoms with van der Waals surface area (Å²) in [5, 5.41) is 0. The minimum atomic E-state index is 0.0884. The summed E-state index contributed by atoms with van der Waals surface area (Å²) in [6, 6.07) is 2.46. The molecule has 0 radical (unpaired) electrons. The summed E-state index contributed by atoms with van der Waals surface area (Å²) in [5.74, 6) is 0.0884. The van der Waals surface area contributed by atoms with Gasteiger partial charge in [-0.1, -0.05) is 0 Å². The number of hydrogen-bond acceptors (Lipinski definition) is 3. The molecule has 5 nitrogen and oxygen atoms in total. The second-order valence-corrected chi connectivity index (χ2v) is 6.00. The number of hydrogen-bond donors (Lipinski definition) is 1. The van der Waals surface area contributed by atoms with Crippen LogP contribution in [0.4, 0.5) is 5.69 Å². The van der Waals surface area contributed by atoms with Gasteiger partial charge < -0.3 is 20.1 Å². The highest BCUT2D eigenvalue weighted by molar-refractivity contribution is 5.94. The summed E-state index contributed by atoms with van der Waals surface area (Å²) in [5.41, 5.74) is 7.29. The molecule has 1 atom stereocenters. The molecule has 0 spiro atoms. The number of anilines is 1. The average molecular weight is 278 g/mol. The van der Waals surface area contributed by atoms with Crippen LogP contribution in [-0.2, 0) is 0 Å². The normalized spacial score (nSPS) is 16.4. The molecule has 0 bridgehead atoms. The van der Waals surface area contributed by atoms with Crippen molar-refractivity contribution in [2.24, 2.45) is 0 Å². The van der Waals surface area contributed by atoms with E-state index in [0.717, 1.165) is 25.1 Å². The van der Waals surface area contributed by atoms with Gasteiger partial charge in [-0.2, -0.15) is 0 Å². The van der Waals surface area contributed by atoms with Crippen LogP contribution in [0, 0.1) is 0 Å². The second-order valence-electron chi connectivity index (χ2n) is 6.00. The van der Waals surface area contributed by atoms with E-state index in [1.807, 2.05) is 38.2 Å². The molecule has 112 valence electrons. The third-order valence-corrected chi connectivity index (χ3v) is 3.79. The number of likely N-dealkylation sites (N-methyl/N-ethyl adjacent to an activating group) is 2. The van der Waals surface area contributed by atoms with Gasteiger partial charge in [-0.25, -0.2) is 0 Å². The molecule has 1 fully saturated rings. The van der Waals surface area contributed by atoms with Crippen LogP contribution in [0.25, 0.3) is 0 Å². The highest BCUT2D eigenvalue weighted by Gasteiger charge is 2.30. The average Bonchev–Trinajstić information content (AvgIpc) is 3.12. The van der Waals surface area contributed by atoms with Crippen LogP contribution < -0.4 is 5.73 Å². The van der Waals surface area contributed by atoms with Crippen molar-refractivity contribution in [1.29, 1.82) is 0 Å². The maximum Gasteiger partial charge on any atom is 0.270 e. The topological polar surface area (TPSA) is 54.5 Å². The van der Waals surface area contributed by atoms with Gasteiger partial charge in [0, 0.05) is 31.4 Å². The van der Waals surface area contributed by atoms with Crippen molar-refractivity contribution < 1.29 is 4.79 Å². The van der Waals surface area contributed by atoms with E-state index >= 15 is 0 Å². The minimum Gasteiger partial charge on any atom is -0.397 e. The first-order valence-corrected chi connectivity index (χ1v) is 7.37. The van der Waals surface area contributed by atoms with Gasteiger partial charge in [-0.05, 0) is 46.9 Å². The molecule has 0 aliphatic heterocycles. The molecule has 0 aromatic carbocycles. The molecule has 1 aromatic rings. The predicted octanol–water partition coefficient (Wildman–Crippen LogP) is 1.82. The Balaban J connectivity index is 2.19. The zero-order chi connectivity index (χ0) is 14.9. The van der Waals surface area contributed by atoms with Crippen LogP contribution in [0.2, 0.25) is 0 Å². The van der Waals surface area contributed by atoms with E-state index in [9.17, 15) is 4.79 Å². The Morgan fingerprint density at radius 2 is 2.15 bits per heavy atom. The van der Waals surface area contributed by atoms with Crippen LogP contribution in [0.3, 0.4) is 0 Å². The summed E-state index contributed by atoms with van der Waals surface area (Å²) in [7, 11) is 4.05. The van der Waals surface area contributed by atoms with E-state index in [1.54, 1.807) is 0 Å². The maximum absolute atomic E-state index is 12.8. The molecule has 1 aromatic heterocycles. The second kappa shape index (κ2) is 5.87. The number of aromatic nitrogens is 1. The van der Waals surface area contributed by atoms with Crippen LogP contribution in [0.5, 0.6) is 0 Å². The van der Waals surface area contributed by atoms with Gasteiger partial charge >= 0.3 is 0 Å². The molecular weight excluding hydrogens is 252 g/mol. The third kappa shape index (κ3) is 3.15. The Kier molecular flexibility index (Phi) is 4.38. The van der Waals surface area contributed by atoms with Gasteiger partial charge in [0.25, 0.3) is 5.91 Å². The number of rotatable bonds is 6. The molecular formula is C15H26N4O. The lowest BCUT2D eigenvalue weighted by molar-refractivity contribution is 0.0668. The SMILES string of the molecule is CCN(C(=O)c1cc(N)cn1C1CC1)C(C)CN(C)C. The van der Waals surface area contributed by atoms with Crippen LogP contribution >= 0.6 is 0 Å². The lowest BCUT2D eigenvalue weighted by atomic mass is 10.2. The van der Waals surface area contributed by atoms with Crippen molar-refractivity contribution in [2.75, 3.05) is 32.9 Å². The fourth-order valence-corrected chi connectivity index (χ4v) is 2.76. The monoisotopic (exact) mass is 278 g/mol. The fourth-order valence-electron chi connectivity index (χ4n) is 2.76. The van der Waals surface area contributed by atoms with Crippen molar-refractivity contribution in [1.82, 2.24) is 14.4 Å². The van der Waals surface area contributed by atoms with E-state index in [4.69, 9.17) is 5.73 Å². The molecule has 1 unspecified atom stereocenters. The third-order valence-electron chi connectivity index (χ3n) is 3.79. The molecule has 1 aliphatic carbocycles. The Bertz CT molecular complexity index is 476. The lowest BCUT2D eigenvalue weighted by Gasteiger charge is -2.30. The summed E-state index contributed by atoms with van der Waals surface area (Å²) in [6.07, 6.45) is 4.19. The highest BCUT2D eigenvalue weighted by Crippen LogP contribution is 2.37. The van der Waals surface area contributed by atoms with Gasteiger partial charge in [0.1, 0.15) is 5.69 Å². The Hall–Kier alpha value is -1.49. The molecule has 0 saturated heterocycles.